The number of carbonyl (C=O) groups is 2. The largest absolute Gasteiger partial charge is 0.481 e. The van der Waals surface area contributed by atoms with Crippen LogP contribution in [0.2, 0.25) is 0 Å². The Hall–Kier alpha value is -2.48. The number of benzene rings is 1. The van der Waals surface area contributed by atoms with E-state index in [-0.39, 0.29) is 18.5 Å². The third kappa shape index (κ3) is 4.32. The highest BCUT2D eigenvalue weighted by Crippen LogP contribution is 2.21. The maximum absolute atomic E-state index is 11.7. The van der Waals surface area contributed by atoms with Gasteiger partial charge in [-0.1, -0.05) is 0 Å². The van der Waals surface area contributed by atoms with Gasteiger partial charge in [0.05, 0.1) is 11.0 Å². The van der Waals surface area contributed by atoms with Crippen LogP contribution in [-0.4, -0.2) is 27.9 Å². The molecule has 0 saturated carbocycles. The van der Waals surface area contributed by atoms with E-state index in [0.717, 1.165) is 0 Å². The smallest absolute Gasteiger partial charge is 0.303 e. The van der Waals surface area contributed by atoms with E-state index in [9.17, 15) is 19.7 Å². The lowest BCUT2D eigenvalue weighted by Gasteiger charge is -2.12. The van der Waals surface area contributed by atoms with E-state index in [1.807, 2.05) is 0 Å². The molecule has 1 amide bonds. The zero-order chi connectivity index (χ0) is 15.3. The van der Waals surface area contributed by atoms with Crippen molar-refractivity contribution < 1.29 is 19.6 Å². The van der Waals surface area contributed by atoms with Crippen molar-refractivity contribution in [2.24, 2.45) is 5.73 Å². The number of carboxylic acids is 1. The van der Waals surface area contributed by atoms with E-state index < -0.39 is 22.8 Å². The fraction of sp³-hybridized carbons (Fsp3) is 0.333. The SMILES string of the molecule is Cc1cc([N+](=O)[O-])ccc1NC(=O)C(N)CCC(=O)O. The van der Waals surface area contributed by atoms with Crippen molar-refractivity contribution in [3.05, 3.63) is 33.9 Å². The Morgan fingerprint density at radius 2 is 2.15 bits per heavy atom. The summed E-state index contributed by atoms with van der Waals surface area (Å²) in [5.74, 6) is -1.55. The molecule has 8 nitrogen and oxygen atoms in total. The monoisotopic (exact) mass is 281 g/mol. The van der Waals surface area contributed by atoms with Crippen LogP contribution in [0.5, 0.6) is 0 Å². The van der Waals surface area contributed by atoms with Gasteiger partial charge in [0.15, 0.2) is 0 Å². The van der Waals surface area contributed by atoms with Crippen molar-refractivity contribution in [1.29, 1.82) is 0 Å². The molecule has 0 aliphatic rings. The second-order valence-corrected chi connectivity index (χ2v) is 4.28. The van der Waals surface area contributed by atoms with Crippen LogP contribution >= 0.6 is 0 Å². The van der Waals surface area contributed by atoms with Gasteiger partial charge in [0, 0.05) is 24.2 Å². The summed E-state index contributed by atoms with van der Waals surface area (Å²) in [6.45, 7) is 1.62. The summed E-state index contributed by atoms with van der Waals surface area (Å²) >= 11 is 0. The Bertz CT molecular complexity index is 544. The Labute approximate surface area is 114 Å². The van der Waals surface area contributed by atoms with Gasteiger partial charge in [0.2, 0.25) is 5.91 Å². The van der Waals surface area contributed by atoms with Crippen molar-refractivity contribution in [2.45, 2.75) is 25.8 Å². The van der Waals surface area contributed by atoms with E-state index in [2.05, 4.69) is 5.32 Å². The maximum atomic E-state index is 11.7. The first-order chi connectivity index (χ1) is 9.31. The number of nitrogens with one attached hydrogen (secondary N) is 1. The topological polar surface area (TPSA) is 136 Å². The molecule has 1 aromatic rings. The number of amides is 1. The summed E-state index contributed by atoms with van der Waals surface area (Å²) in [7, 11) is 0. The van der Waals surface area contributed by atoms with Gasteiger partial charge in [-0.25, -0.2) is 0 Å². The highest BCUT2D eigenvalue weighted by molar-refractivity contribution is 5.95. The zero-order valence-corrected chi connectivity index (χ0v) is 10.8. The van der Waals surface area contributed by atoms with Crippen LogP contribution in [0, 0.1) is 17.0 Å². The molecule has 0 heterocycles. The Balaban J connectivity index is 2.70. The summed E-state index contributed by atoms with van der Waals surface area (Å²) in [4.78, 5) is 32.2. The molecule has 1 atom stereocenters. The number of hydrogen-bond donors (Lipinski definition) is 3. The summed E-state index contributed by atoms with van der Waals surface area (Å²) in [5.41, 5.74) is 6.42. The average molecular weight is 281 g/mol. The molecule has 0 aliphatic heterocycles. The van der Waals surface area contributed by atoms with Crippen LogP contribution in [0.25, 0.3) is 0 Å². The minimum Gasteiger partial charge on any atom is -0.481 e. The predicted molar refractivity (Wildman–Crippen MR) is 71.3 cm³/mol. The van der Waals surface area contributed by atoms with Gasteiger partial charge in [-0.3, -0.25) is 19.7 Å². The molecule has 0 saturated heterocycles. The highest BCUT2D eigenvalue weighted by atomic mass is 16.6. The van der Waals surface area contributed by atoms with Crippen LogP contribution in [0.4, 0.5) is 11.4 Å². The summed E-state index contributed by atoms with van der Waals surface area (Å²) in [5, 5.41) is 21.6. The first-order valence-electron chi connectivity index (χ1n) is 5.84. The van der Waals surface area contributed by atoms with Crippen LogP contribution in [0.3, 0.4) is 0 Å². The first kappa shape index (κ1) is 15.6. The maximum Gasteiger partial charge on any atom is 0.303 e. The molecule has 0 aromatic heterocycles. The lowest BCUT2D eigenvalue weighted by Crippen LogP contribution is -2.36. The fourth-order valence-corrected chi connectivity index (χ4v) is 1.54. The number of rotatable bonds is 6. The van der Waals surface area contributed by atoms with Gasteiger partial charge in [0.25, 0.3) is 5.69 Å². The van der Waals surface area contributed by atoms with Crippen molar-refractivity contribution in [1.82, 2.24) is 0 Å². The van der Waals surface area contributed by atoms with Gasteiger partial charge in [-0.2, -0.15) is 0 Å². The minimum absolute atomic E-state index is 0.0210. The molecule has 1 unspecified atom stereocenters. The molecule has 8 heteroatoms. The number of nitrogens with zero attached hydrogens (tertiary/aromatic N) is 1. The normalized spacial score (nSPS) is 11.7. The molecule has 0 aliphatic carbocycles. The average Bonchev–Trinajstić information content (AvgIpc) is 2.37. The van der Waals surface area contributed by atoms with Crippen molar-refractivity contribution in [2.75, 3.05) is 5.32 Å². The predicted octanol–water partition coefficient (Wildman–Crippen LogP) is 1.03. The fourth-order valence-electron chi connectivity index (χ4n) is 1.54. The van der Waals surface area contributed by atoms with Crippen molar-refractivity contribution >= 4 is 23.3 Å². The number of non-ortho nitro benzene ring substituents is 1. The van der Waals surface area contributed by atoms with Gasteiger partial charge in [0.1, 0.15) is 0 Å². The Morgan fingerprint density at radius 1 is 1.50 bits per heavy atom. The highest BCUT2D eigenvalue weighted by Gasteiger charge is 2.16. The van der Waals surface area contributed by atoms with Gasteiger partial charge in [-0.05, 0) is 25.0 Å². The van der Waals surface area contributed by atoms with Crippen molar-refractivity contribution in [3.63, 3.8) is 0 Å². The van der Waals surface area contributed by atoms with E-state index in [0.29, 0.717) is 11.3 Å². The quantitative estimate of drug-likeness (QED) is 0.526. The third-order valence-corrected chi connectivity index (χ3v) is 2.68. The lowest BCUT2D eigenvalue weighted by molar-refractivity contribution is -0.384. The summed E-state index contributed by atoms with van der Waals surface area (Å²) in [6.07, 6.45) is -0.180. The number of aryl methyl sites for hydroxylation is 1. The molecule has 1 aromatic carbocycles. The molecule has 1 rings (SSSR count). The van der Waals surface area contributed by atoms with Crippen LogP contribution in [0.1, 0.15) is 18.4 Å². The molecule has 0 bridgehead atoms. The Morgan fingerprint density at radius 3 is 2.65 bits per heavy atom. The number of nitro benzene ring substituents is 1. The third-order valence-electron chi connectivity index (χ3n) is 2.68. The zero-order valence-electron chi connectivity index (χ0n) is 10.8. The second-order valence-electron chi connectivity index (χ2n) is 4.28. The van der Waals surface area contributed by atoms with Crippen molar-refractivity contribution in [3.8, 4) is 0 Å². The van der Waals surface area contributed by atoms with Crippen LogP contribution in [-0.2, 0) is 9.59 Å². The van der Waals surface area contributed by atoms with Gasteiger partial charge >= 0.3 is 5.97 Å². The molecule has 20 heavy (non-hydrogen) atoms. The number of anilines is 1. The molecular formula is C12H15N3O5. The molecular weight excluding hydrogens is 266 g/mol. The molecule has 0 radical (unpaired) electrons. The number of hydrogen-bond acceptors (Lipinski definition) is 5. The minimum atomic E-state index is -1.03. The standard InChI is InChI=1S/C12H15N3O5/c1-7-6-8(15(19)20)2-4-10(7)14-12(18)9(13)3-5-11(16)17/h2,4,6,9H,3,5,13H2,1H3,(H,14,18)(H,16,17). The van der Waals surface area contributed by atoms with E-state index >= 15 is 0 Å². The molecule has 0 spiro atoms. The molecule has 4 N–H and O–H groups in total. The van der Waals surface area contributed by atoms with E-state index in [4.69, 9.17) is 10.8 Å². The van der Waals surface area contributed by atoms with E-state index in [1.165, 1.54) is 18.2 Å². The number of carboxylic acid groups (broad SMARTS) is 1. The van der Waals surface area contributed by atoms with Gasteiger partial charge in [-0.15, -0.1) is 0 Å². The summed E-state index contributed by atoms with van der Waals surface area (Å²) in [6, 6.07) is 3.07. The van der Waals surface area contributed by atoms with Gasteiger partial charge < -0.3 is 16.2 Å². The second kappa shape index (κ2) is 6.62. The number of carbonyl (C=O) groups excluding carboxylic acids is 1. The number of nitro groups is 1. The summed E-state index contributed by atoms with van der Waals surface area (Å²) < 4.78 is 0. The number of aliphatic carboxylic acids is 1. The van der Waals surface area contributed by atoms with Crippen LogP contribution < -0.4 is 11.1 Å². The lowest BCUT2D eigenvalue weighted by atomic mass is 10.1. The number of nitrogens with two attached hydrogens (primary N) is 1. The Kier molecular flexibility index (Phi) is 5.15. The van der Waals surface area contributed by atoms with Crippen LogP contribution in [0.15, 0.2) is 18.2 Å². The first-order valence-corrected chi connectivity index (χ1v) is 5.84. The molecule has 108 valence electrons. The molecule has 0 fully saturated rings. The van der Waals surface area contributed by atoms with E-state index in [1.54, 1.807) is 6.92 Å².